The Morgan fingerprint density at radius 2 is 0.662 bits per heavy atom. The fraction of sp³-hybridized carbons (Fsp3) is 0.0244. The number of ketones is 1. The average molecular weight is 959 g/mol. The summed E-state index contributed by atoms with van der Waals surface area (Å²) in [7, 11) is 0. The minimum Gasteiger partial charge on any atom is -0.287 e. The third-order valence-corrected chi connectivity index (χ3v) is 10.3. The quantitative estimate of drug-likeness (QED) is 0.0322. The van der Waals surface area contributed by atoms with Gasteiger partial charge in [0.1, 0.15) is 52.7 Å². The van der Waals surface area contributed by atoms with E-state index in [0.29, 0.717) is 12.1 Å². The van der Waals surface area contributed by atoms with Crippen molar-refractivity contribution in [2.75, 3.05) is 0 Å². The van der Waals surface area contributed by atoms with Gasteiger partial charge in [-0.25, -0.2) is 87.8 Å². The lowest BCUT2D eigenvalue weighted by molar-refractivity contribution is -0.657. The van der Waals surface area contributed by atoms with E-state index in [1.54, 1.807) is 0 Å². The van der Waals surface area contributed by atoms with Crippen LogP contribution in [0.2, 0.25) is 0 Å². The minimum absolute atomic E-state index is 0.0969. The summed E-state index contributed by atoms with van der Waals surface area (Å²) in [5.74, 6) is -71.3. The Morgan fingerprint density at radius 1 is 0.385 bits per heavy atom. The molecule has 338 valence electrons. The number of benzene rings is 6. The molecule has 0 unspecified atom stereocenters. The first-order valence-corrected chi connectivity index (χ1v) is 17.8. The zero-order valence-corrected chi connectivity index (χ0v) is 31.9. The fourth-order valence-electron chi connectivity index (χ4n) is 7.13. The molecule has 0 aliphatic heterocycles. The number of hydrogen-bond donors (Lipinski definition) is 1. The summed E-state index contributed by atoms with van der Waals surface area (Å²) >= 11 is 4.23. The summed E-state index contributed by atoms with van der Waals surface area (Å²) in [6.45, 7) is 0.341. The van der Waals surface area contributed by atoms with Crippen LogP contribution in [0.5, 0.6) is 0 Å². The molecule has 65 heavy (non-hydrogen) atoms. The van der Waals surface area contributed by atoms with Crippen molar-refractivity contribution < 1.29 is 97.2 Å². The van der Waals surface area contributed by atoms with Crippen molar-refractivity contribution in [1.29, 1.82) is 0 Å². The van der Waals surface area contributed by atoms with Crippen LogP contribution in [0.25, 0.3) is 10.9 Å². The van der Waals surface area contributed by atoms with Crippen LogP contribution in [-0.4, -0.2) is 11.9 Å². The van der Waals surface area contributed by atoms with Gasteiger partial charge in [0, 0.05) is 28.0 Å². The van der Waals surface area contributed by atoms with Crippen molar-refractivity contribution in [1.82, 2.24) is 0 Å². The Labute approximate surface area is 354 Å². The highest BCUT2D eigenvalue weighted by Crippen LogP contribution is 2.31. The molecule has 7 aromatic rings. The molecule has 2 nitrogen and oxygen atoms in total. The van der Waals surface area contributed by atoms with Crippen molar-refractivity contribution >= 4 is 57.3 Å². The molecule has 0 spiro atoms. The molecule has 0 radical (unpaired) electrons. The lowest BCUT2D eigenvalue weighted by Gasteiger charge is -2.44. The highest BCUT2D eigenvalue weighted by molar-refractivity contribution is 7.80. The highest BCUT2D eigenvalue weighted by atomic mass is 32.1. The predicted molar refractivity (Wildman–Crippen MR) is 191 cm³/mol. The number of Topliss-reactive ketones (excluding diaryl/α,β-unsaturated/α-hetero) is 1. The van der Waals surface area contributed by atoms with Gasteiger partial charge >= 0.3 is 0 Å². The molecular formula is C41H14BF20NOS. The summed E-state index contributed by atoms with van der Waals surface area (Å²) in [4.78, 5) is 13.2. The largest absolute Gasteiger partial charge is 0.287 e. The molecule has 1 aromatic heterocycles. The smallest absolute Gasteiger partial charge is 0.227 e. The number of carbonyl (C=O) groups is 1. The number of fused-ring (bicyclic) bond motifs is 1. The van der Waals surface area contributed by atoms with E-state index in [2.05, 4.69) is 12.6 Å². The first kappa shape index (κ1) is 47.9. The third-order valence-electron chi connectivity index (χ3n) is 10.00. The van der Waals surface area contributed by atoms with Crippen LogP contribution in [0.1, 0.15) is 10.4 Å². The van der Waals surface area contributed by atoms with Crippen molar-refractivity contribution in [2.45, 2.75) is 11.4 Å². The standard InChI is InChI=1S/C24BF20.C17H13NOS/c26-5-1(6(27)14(35)21(42)13(5)34)25(2-7(28)15(36)22(43)16(37)8(2)29,3-9(30)17(38)23(44)18(39)10(3)31)4-11(32)19(40)24(45)20(41)12(4)33;19-17(14-7-9-15(20)10-8-14)12-18-11-3-5-13-4-1-2-6-16(13)18/h;1-11H,12H2/q-1;/p+1. The van der Waals surface area contributed by atoms with Crippen LogP contribution >= 0.6 is 12.6 Å². The van der Waals surface area contributed by atoms with Gasteiger partial charge in [-0.05, 0) is 24.3 Å². The summed E-state index contributed by atoms with van der Waals surface area (Å²) in [5.41, 5.74) is -12.6. The second-order valence-electron chi connectivity index (χ2n) is 13.5. The molecule has 6 aromatic carbocycles. The van der Waals surface area contributed by atoms with Crippen LogP contribution in [0, 0.1) is 116 Å². The number of pyridine rings is 1. The lowest BCUT2D eigenvalue weighted by atomic mass is 9.12. The van der Waals surface area contributed by atoms with E-state index in [0.717, 1.165) is 15.8 Å². The van der Waals surface area contributed by atoms with Gasteiger partial charge in [0.2, 0.25) is 17.8 Å². The fourth-order valence-corrected chi connectivity index (χ4v) is 7.28. The number of carbonyl (C=O) groups excluding carboxylic acids is 1. The van der Waals surface area contributed by atoms with Gasteiger partial charge in [0.15, 0.2) is 76.0 Å². The molecule has 0 aliphatic rings. The zero-order valence-electron chi connectivity index (χ0n) is 31.0. The average Bonchev–Trinajstić information content (AvgIpc) is 3.29. The Hall–Kier alpha value is -6.59. The second-order valence-corrected chi connectivity index (χ2v) is 14.0. The van der Waals surface area contributed by atoms with E-state index in [9.17, 15) is 57.5 Å². The number of nitrogens with zero attached hydrogens (tertiary/aromatic N) is 1. The number of thiol groups is 1. The monoisotopic (exact) mass is 959 g/mol. The van der Waals surface area contributed by atoms with Crippen LogP contribution in [0.4, 0.5) is 87.8 Å². The van der Waals surface area contributed by atoms with Crippen molar-refractivity contribution in [2.24, 2.45) is 0 Å². The van der Waals surface area contributed by atoms with Gasteiger partial charge < -0.3 is 0 Å². The maximum Gasteiger partial charge on any atom is 0.227 e. The molecule has 0 amide bonds. The topological polar surface area (TPSA) is 20.9 Å². The molecule has 24 heteroatoms. The van der Waals surface area contributed by atoms with Gasteiger partial charge in [-0.2, -0.15) is 4.57 Å². The second kappa shape index (κ2) is 17.8. The molecule has 0 fully saturated rings. The summed E-state index contributed by atoms with van der Waals surface area (Å²) in [6.07, 6.45) is -5.28. The van der Waals surface area contributed by atoms with E-state index >= 15 is 35.1 Å². The van der Waals surface area contributed by atoms with Gasteiger partial charge in [-0.1, -0.05) is 24.3 Å². The van der Waals surface area contributed by atoms with Crippen LogP contribution in [0.3, 0.4) is 0 Å². The van der Waals surface area contributed by atoms with Crippen molar-refractivity contribution in [3.63, 3.8) is 0 Å². The molecular weight excluding hydrogens is 945 g/mol. The van der Waals surface area contributed by atoms with Crippen molar-refractivity contribution in [3.8, 4) is 0 Å². The normalized spacial score (nSPS) is 11.6. The molecule has 0 aliphatic carbocycles. The molecule has 0 N–H and O–H groups in total. The molecule has 0 bridgehead atoms. The summed E-state index contributed by atoms with van der Waals surface area (Å²) in [6, 6.07) is 19.4. The third kappa shape index (κ3) is 7.59. The first-order valence-electron chi connectivity index (χ1n) is 17.4. The van der Waals surface area contributed by atoms with Gasteiger partial charge in [-0.15, -0.1) is 34.5 Å². The van der Waals surface area contributed by atoms with Crippen LogP contribution < -0.4 is 26.4 Å². The van der Waals surface area contributed by atoms with Crippen LogP contribution in [0.15, 0.2) is 71.8 Å². The SMILES string of the molecule is Fc1c(F)c(F)c([B-](c2c(F)c(F)c(F)c(F)c2F)(c2c(F)c(F)c(F)c(F)c2F)c2c(F)c(F)c(F)c(F)c2F)c(F)c1F.O=C(C[n+]1cccc2ccccc21)c1ccc(S)cc1. The summed E-state index contributed by atoms with van der Waals surface area (Å²) in [5, 5.41) is 1.13. The van der Waals surface area contributed by atoms with E-state index < -0.39 is 144 Å². The van der Waals surface area contributed by atoms with Gasteiger partial charge in [0.05, 0.1) is 0 Å². The van der Waals surface area contributed by atoms with E-state index in [1.165, 1.54) is 0 Å². The Kier molecular flexibility index (Phi) is 13.1. The molecule has 7 rings (SSSR count). The minimum atomic E-state index is -7.22. The maximum atomic E-state index is 15.4. The highest BCUT2D eigenvalue weighted by Gasteiger charge is 2.52. The Bertz CT molecular complexity index is 2730. The van der Waals surface area contributed by atoms with Crippen molar-refractivity contribution in [3.05, 3.63) is 189 Å². The Balaban J connectivity index is 0.000000289. The van der Waals surface area contributed by atoms with E-state index in [4.69, 9.17) is 0 Å². The lowest BCUT2D eigenvalue weighted by Crippen LogP contribution is -2.81. The first-order chi connectivity index (χ1) is 30.4. The maximum absolute atomic E-state index is 15.4. The van der Waals surface area contributed by atoms with E-state index in [-0.39, 0.29) is 5.78 Å². The number of rotatable bonds is 7. The predicted octanol–water partition coefficient (Wildman–Crippen LogP) is 9.14. The number of aromatic nitrogens is 1. The summed E-state index contributed by atoms with van der Waals surface area (Å²) < 4.78 is 296. The molecule has 1 heterocycles. The number of halogens is 20. The molecule has 0 saturated heterocycles. The van der Waals surface area contributed by atoms with Gasteiger partial charge in [-0.3, -0.25) is 4.79 Å². The van der Waals surface area contributed by atoms with Gasteiger partial charge in [0.25, 0.3) is 0 Å². The van der Waals surface area contributed by atoms with Crippen LogP contribution in [-0.2, 0) is 6.54 Å². The number of para-hydroxylation sites is 1. The van der Waals surface area contributed by atoms with E-state index in [1.807, 2.05) is 71.4 Å². The number of hydrogen-bond acceptors (Lipinski definition) is 2. The molecule has 0 atom stereocenters. The zero-order chi connectivity index (χ0) is 48.3. The Morgan fingerprint density at radius 3 is 0.985 bits per heavy atom. The molecule has 0 saturated carbocycles.